The molecule has 24 heavy (non-hydrogen) atoms. The van der Waals surface area contributed by atoms with E-state index in [0.29, 0.717) is 18.2 Å². The Morgan fingerprint density at radius 2 is 1.88 bits per heavy atom. The summed E-state index contributed by atoms with van der Waals surface area (Å²) in [6, 6.07) is 12.0. The van der Waals surface area contributed by atoms with Gasteiger partial charge in [0.15, 0.2) is 0 Å². The van der Waals surface area contributed by atoms with Crippen LogP contribution in [-0.2, 0) is 10.2 Å². The summed E-state index contributed by atoms with van der Waals surface area (Å²) in [4.78, 5) is 17.3. The van der Waals surface area contributed by atoms with Crippen LogP contribution < -0.4 is 10.1 Å². The third-order valence-electron chi connectivity index (χ3n) is 4.78. The van der Waals surface area contributed by atoms with E-state index in [1.807, 2.05) is 13.0 Å². The fraction of sp³-hybridized carbons (Fsp3) is 0.400. The summed E-state index contributed by atoms with van der Waals surface area (Å²) in [6.07, 6.45) is 5.62. The normalized spacial score (nSPS) is 15.9. The summed E-state index contributed by atoms with van der Waals surface area (Å²) >= 11 is 0. The Labute approximate surface area is 143 Å². The van der Waals surface area contributed by atoms with Gasteiger partial charge in [-0.05, 0) is 38.3 Å². The largest absolute Gasteiger partial charge is 0.478 e. The van der Waals surface area contributed by atoms with Crippen LogP contribution in [0, 0.1) is 6.92 Å². The van der Waals surface area contributed by atoms with Gasteiger partial charge in [0, 0.05) is 6.07 Å². The first kappa shape index (κ1) is 16.5. The van der Waals surface area contributed by atoms with Gasteiger partial charge in [-0.1, -0.05) is 42.7 Å². The van der Waals surface area contributed by atoms with E-state index >= 15 is 0 Å². The van der Waals surface area contributed by atoms with Gasteiger partial charge in [-0.25, -0.2) is 4.98 Å². The van der Waals surface area contributed by atoms with Gasteiger partial charge in [-0.2, -0.15) is 0 Å². The smallest absolute Gasteiger partial charge is 0.235 e. The molecule has 1 amide bonds. The molecule has 126 valence electrons. The summed E-state index contributed by atoms with van der Waals surface area (Å²) in [7, 11) is 0. The lowest BCUT2D eigenvalue weighted by Crippen LogP contribution is -2.38. The van der Waals surface area contributed by atoms with Crippen molar-refractivity contribution >= 4 is 11.6 Å². The van der Waals surface area contributed by atoms with E-state index in [4.69, 9.17) is 4.74 Å². The third-order valence-corrected chi connectivity index (χ3v) is 4.78. The fourth-order valence-electron chi connectivity index (χ4n) is 3.44. The highest BCUT2D eigenvalue weighted by molar-refractivity contribution is 5.99. The molecular formula is C20H24N2O2. The lowest BCUT2D eigenvalue weighted by Gasteiger charge is -2.28. The zero-order valence-corrected chi connectivity index (χ0v) is 14.3. The number of nitrogens with zero attached hydrogens (tertiary/aromatic N) is 1. The molecule has 3 rings (SSSR count). The maximum atomic E-state index is 13.1. The van der Waals surface area contributed by atoms with E-state index in [2.05, 4.69) is 41.5 Å². The summed E-state index contributed by atoms with van der Waals surface area (Å²) in [6.45, 7) is 4.56. The van der Waals surface area contributed by atoms with Crippen molar-refractivity contribution in [2.75, 3.05) is 11.9 Å². The number of pyridine rings is 1. The van der Waals surface area contributed by atoms with Crippen LogP contribution in [0.4, 0.5) is 5.69 Å². The number of aryl methyl sites for hydroxylation is 1. The van der Waals surface area contributed by atoms with E-state index in [1.54, 1.807) is 12.3 Å². The van der Waals surface area contributed by atoms with Gasteiger partial charge in [0.25, 0.3) is 0 Å². The number of carbonyl (C=O) groups excluding carboxylic acids is 1. The highest BCUT2D eigenvalue weighted by Crippen LogP contribution is 2.42. The lowest BCUT2D eigenvalue weighted by atomic mass is 9.77. The van der Waals surface area contributed by atoms with Crippen molar-refractivity contribution < 1.29 is 9.53 Å². The number of anilines is 1. The molecule has 4 nitrogen and oxygen atoms in total. The quantitative estimate of drug-likeness (QED) is 0.895. The predicted molar refractivity (Wildman–Crippen MR) is 95.4 cm³/mol. The van der Waals surface area contributed by atoms with E-state index in [9.17, 15) is 4.79 Å². The summed E-state index contributed by atoms with van der Waals surface area (Å²) in [5.41, 5.74) is 2.61. The molecule has 4 heteroatoms. The number of nitrogens with one attached hydrogen (secondary N) is 1. The Morgan fingerprint density at radius 1 is 1.17 bits per heavy atom. The molecular weight excluding hydrogens is 300 g/mol. The van der Waals surface area contributed by atoms with Gasteiger partial charge >= 0.3 is 0 Å². The maximum absolute atomic E-state index is 13.1. The number of carbonyl (C=O) groups is 1. The minimum absolute atomic E-state index is 0.0646. The molecule has 0 aliphatic heterocycles. The molecule has 0 spiro atoms. The highest BCUT2D eigenvalue weighted by Gasteiger charge is 2.42. The number of rotatable bonds is 5. The van der Waals surface area contributed by atoms with Crippen molar-refractivity contribution in [3.63, 3.8) is 0 Å². The molecule has 1 N–H and O–H groups in total. The van der Waals surface area contributed by atoms with E-state index in [-0.39, 0.29) is 5.91 Å². The van der Waals surface area contributed by atoms with Gasteiger partial charge < -0.3 is 10.1 Å². The van der Waals surface area contributed by atoms with Gasteiger partial charge in [0.2, 0.25) is 11.8 Å². The van der Waals surface area contributed by atoms with Crippen molar-refractivity contribution in [3.8, 4) is 5.88 Å². The van der Waals surface area contributed by atoms with Gasteiger partial charge in [0.1, 0.15) is 0 Å². The second-order valence-electron chi connectivity index (χ2n) is 6.43. The SMILES string of the molecule is CCOc1ccc(NC(=O)C2(c3ccc(C)cc3)CCCC2)cn1. The zero-order chi connectivity index (χ0) is 17.0. The molecule has 0 unspecified atom stereocenters. The fourth-order valence-corrected chi connectivity index (χ4v) is 3.44. The first-order valence-corrected chi connectivity index (χ1v) is 8.61. The molecule has 1 fully saturated rings. The molecule has 1 aliphatic rings. The van der Waals surface area contributed by atoms with Crippen LogP contribution in [0.5, 0.6) is 5.88 Å². The Bertz CT molecular complexity index is 687. The molecule has 0 bridgehead atoms. The van der Waals surface area contributed by atoms with E-state index < -0.39 is 5.41 Å². The number of benzene rings is 1. The van der Waals surface area contributed by atoms with Crippen LogP contribution in [-0.4, -0.2) is 17.5 Å². The second kappa shape index (κ2) is 7.04. The topological polar surface area (TPSA) is 51.2 Å². The van der Waals surface area contributed by atoms with Crippen LogP contribution in [0.3, 0.4) is 0 Å². The number of aromatic nitrogens is 1. The van der Waals surface area contributed by atoms with Crippen molar-refractivity contribution in [1.29, 1.82) is 0 Å². The third kappa shape index (κ3) is 3.28. The van der Waals surface area contributed by atoms with Crippen molar-refractivity contribution in [1.82, 2.24) is 4.98 Å². The van der Waals surface area contributed by atoms with Crippen molar-refractivity contribution in [3.05, 3.63) is 53.7 Å². The van der Waals surface area contributed by atoms with E-state index in [0.717, 1.165) is 31.2 Å². The number of hydrogen-bond donors (Lipinski definition) is 1. The standard InChI is InChI=1S/C20H24N2O2/c1-3-24-18-11-10-17(14-21-18)22-19(23)20(12-4-5-13-20)16-8-6-15(2)7-9-16/h6-11,14H,3-5,12-13H2,1-2H3,(H,22,23). The average molecular weight is 324 g/mol. The van der Waals surface area contributed by atoms with Crippen molar-refractivity contribution in [2.24, 2.45) is 0 Å². The Morgan fingerprint density at radius 3 is 2.46 bits per heavy atom. The minimum atomic E-state index is -0.424. The average Bonchev–Trinajstić information content (AvgIpc) is 3.08. The Hall–Kier alpha value is -2.36. The minimum Gasteiger partial charge on any atom is -0.478 e. The summed E-state index contributed by atoms with van der Waals surface area (Å²) in [5.74, 6) is 0.638. The van der Waals surface area contributed by atoms with Gasteiger partial charge in [-0.15, -0.1) is 0 Å². The molecule has 0 atom stereocenters. The first-order chi connectivity index (χ1) is 11.6. The first-order valence-electron chi connectivity index (χ1n) is 8.61. The molecule has 1 heterocycles. The molecule has 0 saturated heterocycles. The molecule has 1 aromatic carbocycles. The Balaban J connectivity index is 1.81. The van der Waals surface area contributed by atoms with Crippen LogP contribution in [0.1, 0.15) is 43.7 Å². The second-order valence-corrected chi connectivity index (χ2v) is 6.43. The number of amides is 1. The molecule has 1 aromatic heterocycles. The molecule has 1 saturated carbocycles. The molecule has 0 radical (unpaired) electrons. The van der Waals surface area contributed by atoms with Gasteiger partial charge in [-0.3, -0.25) is 4.79 Å². The molecule has 2 aromatic rings. The van der Waals surface area contributed by atoms with Gasteiger partial charge in [0.05, 0.1) is 23.9 Å². The van der Waals surface area contributed by atoms with E-state index in [1.165, 1.54) is 5.56 Å². The number of ether oxygens (including phenoxy) is 1. The highest BCUT2D eigenvalue weighted by atomic mass is 16.5. The number of hydrogen-bond acceptors (Lipinski definition) is 3. The summed E-state index contributed by atoms with van der Waals surface area (Å²) < 4.78 is 5.34. The summed E-state index contributed by atoms with van der Waals surface area (Å²) in [5, 5.41) is 3.05. The van der Waals surface area contributed by atoms with Crippen LogP contribution >= 0.6 is 0 Å². The van der Waals surface area contributed by atoms with Crippen LogP contribution in [0.15, 0.2) is 42.6 Å². The van der Waals surface area contributed by atoms with Crippen LogP contribution in [0.2, 0.25) is 0 Å². The molecule has 1 aliphatic carbocycles. The monoisotopic (exact) mass is 324 g/mol. The van der Waals surface area contributed by atoms with Crippen molar-refractivity contribution in [2.45, 2.75) is 44.9 Å². The zero-order valence-electron chi connectivity index (χ0n) is 14.3. The predicted octanol–water partition coefficient (Wildman–Crippen LogP) is 4.24. The maximum Gasteiger partial charge on any atom is 0.235 e. The lowest BCUT2D eigenvalue weighted by molar-refractivity contribution is -0.121. The van der Waals surface area contributed by atoms with Crippen LogP contribution in [0.25, 0.3) is 0 Å². The Kier molecular flexibility index (Phi) is 4.84.